The first-order valence-electron chi connectivity index (χ1n) is 6.94. The Balaban J connectivity index is 2.08. The summed E-state index contributed by atoms with van der Waals surface area (Å²) in [5, 5.41) is 0. The Bertz CT molecular complexity index is 514. The molecule has 0 radical (unpaired) electrons. The van der Waals surface area contributed by atoms with Crippen molar-refractivity contribution in [1.29, 1.82) is 0 Å². The minimum absolute atomic E-state index is 0.689. The van der Waals surface area contributed by atoms with Gasteiger partial charge in [0.25, 0.3) is 0 Å². The summed E-state index contributed by atoms with van der Waals surface area (Å²) in [5.41, 5.74) is 2.02. The molecule has 2 rings (SSSR count). The highest BCUT2D eigenvalue weighted by atomic mass is 16.5. The molecule has 0 spiro atoms. The van der Waals surface area contributed by atoms with Gasteiger partial charge in [-0.05, 0) is 44.0 Å². The van der Waals surface area contributed by atoms with E-state index in [0.717, 1.165) is 48.6 Å². The van der Waals surface area contributed by atoms with Gasteiger partial charge in [0, 0.05) is 5.56 Å². The zero-order valence-corrected chi connectivity index (χ0v) is 11.9. The Morgan fingerprint density at radius 2 is 1.89 bits per heavy atom. The van der Waals surface area contributed by atoms with Crippen LogP contribution in [0.15, 0.2) is 28.7 Å². The quantitative estimate of drug-likeness (QED) is 0.722. The van der Waals surface area contributed by atoms with Crippen molar-refractivity contribution in [1.82, 2.24) is 4.98 Å². The van der Waals surface area contributed by atoms with Crippen LogP contribution in [0.25, 0.3) is 11.5 Å². The minimum atomic E-state index is 0.689. The summed E-state index contributed by atoms with van der Waals surface area (Å²) >= 11 is 0. The number of rotatable bonds is 6. The number of nitrogens with zero attached hydrogens (tertiary/aromatic N) is 1. The number of hydrogen-bond donors (Lipinski definition) is 0. The van der Waals surface area contributed by atoms with E-state index in [1.807, 2.05) is 31.2 Å². The zero-order valence-electron chi connectivity index (χ0n) is 11.9. The van der Waals surface area contributed by atoms with Crippen molar-refractivity contribution in [2.24, 2.45) is 0 Å². The Morgan fingerprint density at radius 3 is 2.47 bits per heavy atom. The van der Waals surface area contributed by atoms with Crippen LogP contribution in [0.5, 0.6) is 5.75 Å². The number of hydrogen-bond acceptors (Lipinski definition) is 3. The fourth-order valence-corrected chi connectivity index (χ4v) is 1.91. The fraction of sp³-hybridized carbons (Fsp3) is 0.438. The first kappa shape index (κ1) is 13.7. The molecule has 0 atom stereocenters. The highest BCUT2D eigenvalue weighted by Crippen LogP contribution is 2.24. The normalized spacial score (nSPS) is 10.7. The lowest BCUT2D eigenvalue weighted by Crippen LogP contribution is -1.95. The molecule has 0 aliphatic carbocycles. The van der Waals surface area contributed by atoms with Gasteiger partial charge in [-0.3, -0.25) is 0 Å². The molecule has 19 heavy (non-hydrogen) atoms. The molecule has 0 saturated carbocycles. The molecule has 0 aliphatic rings. The van der Waals surface area contributed by atoms with Crippen molar-refractivity contribution in [2.75, 3.05) is 6.61 Å². The molecule has 1 heterocycles. The summed E-state index contributed by atoms with van der Waals surface area (Å²) in [4.78, 5) is 4.50. The van der Waals surface area contributed by atoms with Crippen LogP contribution in [-0.2, 0) is 6.42 Å². The summed E-state index contributed by atoms with van der Waals surface area (Å²) in [6.45, 7) is 6.97. The van der Waals surface area contributed by atoms with Gasteiger partial charge in [-0.2, -0.15) is 0 Å². The van der Waals surface area contributed by atoms with Crippen molar-refractivity contribution in [2.45, 2.75) is 40.0 Å². The average molecular weight is 259 g/mol. The number of aryl methyl sites for hydroxylation is 2. The molecular weight excluding hydrogens is 238 g/mol. The van der Waals surface area contributed by atoms with Crippen LogP contribution in [-0.4, -0.2) is 11.6 Å². The Kier molecular flexibility index (Phi) is 4.61. The van der Waals surface area contributed by atoms with Gasteiger partial charge in [-0.25, -0.2) is 4.98 Å². The maximum atomic E-state index is 5.68. The number of ether oxygens (including phenoxy) is 1. The summed E-state index contributed by atoms with van der Waals surface area (Å²) in [6.07, 6.45) is 3.13. The highest BCUT2D eigenvalue weighted by Gasteiger charge is 2.09. The van der Waals surface area contributed by atoms with Gasteiger partial charge in [-0.15, -0.1) is 0 Å². The number of unbranched alkanes of at least 4 members (excludes halogenated alkanes) is 1. The molecule has 1 aromatic carbocycles. The molecule has 102 valence electrons. The standard InChI is InChI=1S/C16H21NO2/c1-4-6-11-18-14-9-7-13(8-10-14)16-17-15(5-2)12(3)19-16/h7-10H,4-6,11H2,1-3H3. The Labute approximate surface area is 114 Å². The Morgan fingerprint density at radius 1 is 1.16 bits per heavy atom. The van der Waals surface area contributed by atoms with E-state index in [1.54, 1.807) is 0 Å². The average Bonchev–Trinajstić information content (AvgIpc) is 2.81. The molecule has 0 fully saturated rings. The van der Waals surface area contributed by atoms with E-state index in [4.69, 9.17) is 9.15 Å². The van der Waals surface area contributed by atoms with Crippen molar-refractivity contribution in [3.05, 3.63) is 35.7 Å². The molecule has 0 unspecified atom stereocenters. The lowest BCUT2D eigenvalue weighted by molar-refractivity contribution is 0.309. The van der Waals surface area contributed by atoms with Crippen LogP contribution in [0.4, 0.5) is 0 Å². The van der Waals surface area contributed by atoms with E-state index in [1.165, 1.54) is 0 Å². The van der Waals surface area contributed by atoms with Crippen molar-refractivity contribution >= 4 is 0 Å². The van der Waals surface area contributed by atoms with E-state index in [-0.39, 0.29) is 0 Å². The van der Waals surface area contributed by atoms with Crippen molar-refractivity contribution in [3.63, 3.8) is 0 Å². The van der Waals surface area contributed by atoms with Crippen LogP contribution in [0.2, 0.25) is 0 Å². The third-order valence-corrected chi connectivity index (χ3v) is 3.10. The van der Waals surface area contributed by atoms with Gasteiger partial charge in [0.2, 0.25) is 5.89 Å². The first-order chi connectivity index (χ1) is 9.24. The van der Waals surface area contributed by atoms with E-state index < -0.39 is 0 Å². The maximum absolute atomic E-state index is 5.68. The lowest BCUT2D eigenvalue weighted by Gasteiger charge is -2.05. The summed E-state index contributed by atoms with van der Waals surface area (Å²) in [6, 6.07) is 7.92. The second kappa shape index (κ2) is 6.41. The van der Waals surface area contributed by atoms with E-state index >= 15 is 0 Å². The largest absolute Gasteiger partial charge is 0.494 e. The predicted molar refractivity (Wildman–Crippen MR) is 76.5 cm³/mol. The number of benzene rings is 1. The summed E-state index contributed by atoms with van der Waals surface area (Å²) < 4.78 is 11.3. The molecule has 3 nitrogen and oxygen atoms in total. The van der Waals surface area contributed by atoms with Gasteiger partial charge in [0.05, 0.1) is 12.3 Å². The summed E-state index contributed by atoms with van der Waals surface area (Å²) in [7, 11) is 0. The van der Waals surface area contributed by atoms with Gasteiger partial charge in [-0.1, -0.05) is 20.3 Å². The second-order valence-corrected chi connectivity index (χ2v) is 4.60. The van der Waals surface area contributed by atoms with Crippen LogP contribution in [0.1, 0.15) is 38.1 Å². The molecule has 0 N–H and O–H groups in total. The topological polar surface area (TPSA) is 35.3 Å². The molecule has 2 aromatic rings. The van der Waals surface area contributed by atoms with Gasteiger partial charge >= 0.3 is 0 Å². The third kappa shape index (κ3) is 3.37. The maximum Gasteiger partial charge on any atom is 0.226 e. The van der Waals surface area contributed by atoms with Crippen LogP contribution in [0, 0.1) is 6.92 Å². The van der Waals surface area contributed by atoms with Crippen LogP contribution < -0.4 is 4.74 Å². The molecule has 0 amide bonds. The minimum Gasteiger partial charge on any atom is -0.494 e. The van der Waals surface area contributed by atoms with Crippen molar-refractivity contribution in [3.8, 4) is 17.2 Å². The van der Waals surface area contributed by atoms with Crippen molar-refractivity contribution < 1.29 is 9.15 Å². The summed E-state index contributed by atoms with van der Waals surface area (Å²) in [5.74, 6) is 2.49. The number of oxazole rings is 1. The fourth-order valence-electron chi connectivity index (χ4n) is 1.91. The number of aromatic nitrogens is 1. The predicted octanol–water partition coefficient (Wildman–Crippen LogP) is 4.39. The second-order valence-electron chi connectivity index (χ2n) is 4.60. The molecule has 1 aromatic heterocycles. The van der Waals surface area contributed by atoms with Gasteiger partial charge in [0.15, 0.2) is 0 Å². The van der Waals surface area contributed by atoms with E-state index in [2.05, 4.69) is 18.8 Å². The van der Waals surface area contributed by atoms with E-state index in [9.17, 15) is 0 Å². The molecule has 3 heteroatoms. The highest BCUT2D eigenvalue weighted by molar-refractivity contribution is 5.55. The van der Waals surface area contributed by atoms with Gasteiger partial charge in [0.1, 0.15) is 11.5 Å². The molecule has 0 aliphatic heterocycles. The smallest absolute Gasteiger partial charge is 0.226 e. The van der Waals surface area contributed by atoms with Gasteiger partial charge < -0.3 is 9.15 Å². The molecule has 0 saturated heterocycles. The molecule has 0 bridgehead atoms. The van der Waals surface area contributed by atoms with E-state index in [0.29, 0.717) is 5.89 Å². The van der Waals surface area contributed by atoms with Crippen LogP contribution >= 0.6 is 0 Å². The first-order valence-corrected chi connectivity index (χ1v) is 6.94. The SMILES string of the molecule is CCCCOc1ccc(-c2nc(CC)c(C)o2)cc1. The Hall–Kier alpha value is -1.77. The molecular formula is C16H21NO2. The van der Waals surface area contributed by atoms with Crippen LogP contribution in [0.3, 0.4) is 0 Å². The monoisotopic (exact) mass is 259 g/mol. The zero-order chi connectivity index (χ0) is 13.7. The third-order valence-electron chi connectivity index (χ3n) is 3.10. The lowest BCUT2D eigenvalue weighted by atomic mass is 10.2.